The minimum atomic E-state index is -0.128. The zero-order valence-electron chi connectivity index (χ0n) is 12.9. The first-order valence-corrected chi connectivity index (χ1v) is 7.46. The second-order valence-corrected chi connectivity index (χ2v) is 5.60. The molecule has 0 aliphatic heterocycles. The molecule has 2 N–H and O–H groups in total. The molecule has 0 bridgehead atoms. The molecule has 0 saturated heterocycles. The summed E-state index contributed by atoms with van der Waals surface area (Å²) >= 11 is 0. The highest BCUT2D eigenvalue weighted by molar-refractivity contribution is 5.76. The van der Waals surface area contributed by atoms with Gasteiger partial charge in [0.25, 0.3) is 0 Å². The van der Waals surface area contributed by atoms with Crippen molar-refractivity contribution in [3.8, 4) is 11.3 Å². The molecule has 0 spiro atoms. The lowest BCUT2D eigenvalue weighted by atomic mass is 10.0. The van der Waals surface area contributed by atoms with E-state index in [9.17, 15) is 4.79 Å². The van der Waals surface area contributed by atoms with Crippen LogP contribution in [-0.2, 0) is 11.3 Å². The number of aliphatic hydroxyl groups is 1. The van der Waals surface area contributed by atoms with Crippen molar-refractivity contribution in [2.24, 2.45) is 5.92 Å². The molecule has 2 rings (SSSR count). The Balaban J connectivity index is 1.96. The number of rotatable bonds is 7. The van der Waals surface area contributed by atoms with Gasteiger partial charge in [0, 0.05) is 18.2 Å². The van der Waals surface area contributed by atoms with Gasteiger partial charge in [0.05, 0.1) is 6.20 Å². The second-order valence-electron chi connectivity index (χ2n) is 5.60. The molecule has 1 aromatic heterocycles. The van der Waals surface area contributed by atoms with Gasteiger partial charge < -0.3 is 10.4 Å². The Kier molecular flexibility index (Phi) is 5.66. The third kappa shape index (κ3) is 4.39. The van der Waals surface area contributed by atoms with Crippen LogP contribution in [0.3, 0.4) is 0 Å². The van der Waals surface area contributed by atoms with E-state index in [0.29, 0.717) is 6.42 Å². The Morgan fingerprint density at radius 1 is 1.32 bits per heavy atom. The van der Waals surface area contributed by atoms with Gasteiger partial charge >= 0.3 is 0 Å². The SMILES string of the molecule is CC(C)C(CCO)NC(=O)Cn1cc(-c2ccccc2)nn1. The monoisotopic (exact) mass is 302 g/mol. The van der Waals surface area contributed by atoms with Gasteiger partial charge in [-0.1, -0.05) is 49.4 Å². The molecule has 1 unspecified atom stereocenters. The van der Waals surface area contributed by atoms with Crippen LogP contribution in [0.1, 0.15) is 20.3 Å². The third-order valence-corrected chi connectivity index (χ3v) is 3.51. The van der Waals surface area contributed by atoms with Crippen LogP contribution in [0.2, 0.25) is 0 Å². The van der Waals surface area contributed by atoms with Crippen LogP contribution >= 0.6 is 0 Å². The molecule has 1 atom stereocenters. The predicted octanol–water partition coefficient (Wildman–Crippen LogP) is 1.47. The Hall–Kier alpha value is -2.21. The number of hydrogen-bond acceptors (Lipinski definition) is 4. The van der Waals surface area contributed by atoms with E-state index in [1.807, 2.05) is 44.2 Å². The molecule has 0 fully saturated rings. The van der Waals surface area contributed by atoms with Gasteiger partial charge in [0.2, 0.25) is 5.91 Å². The van der Waals surface area contributed by atoms with Crippen LogP contribution < -0.4 is 5.32 Å². The number of carbonyl (C=O) groups is 1. The van der Waals surface area contributed by atoms with E-state index in [1.165, 1.54) is 4.68 Å². The lowest BCUT2D eigenvalue weighted by Gasteiger charge is -2.21. The predicted molar refractivity (Wildman–Crippen MR) is 83.9 cm³/mol. The van der Waals surface area contributed by atoms with Gasteiger partial charge in [-0.05, 0) is 12.3 Å². The Morgan fingerprint density at radius 3 is 2.68 bits per heavy atom. The summed E-state index contributed by atoms with van der Waals surface area (Å²) in [6.07, 6.45) is 2.31. The number of carbonyl (C=O) groups excluding carboxylic acids is 1. The highest BCUT2D eigenvalue weighted by Gasteiger charge is 2.16. The van der Waals surface area contributed by atoms with Crippen LogP contribution in [0.15, 0.2) is 36.5 Å². The van der Waals surface area contributed by atoms with Gasteiger partial charge in [-0.15, -0.1) is 5.10 Å². The van der Waals surface area contributed by atoms with Crippen molar-refractivity contribution >= 4 is 5.91 Å². The summed E-state index contributed by atoms with van der Waals surface area (Å²) in [5.41, 5.74) is 1.71. The molecular formula is C16H22N4O2. The molecule has 0 saturated carbocycles. The maximum atomic E-state index is 12.1. The first-order chi connectivity index (χ1) is 10.6. The summed E-state index contributed by atoms with van der Waals surface area (Å²) in [4.78, 5) is 12.1. The van der Waals surface area contributed by atoms with E-state index < -0.39 is 0 Å². The average molecular weight is 302 g/mol. The molecule has 22 heavy (non-hydrogen) atoms. The van der Waals surface area contributed by atoms with E-state index in [-0.39, 0.29) is 31.0 Å². The number of hydrogen-bond donors (Lipinski definition) is 2. The Bertz CT molecular complexity index is 595. The van der Waals surface area contributed by atoms with Gasteiger partial charge in [0.15, 0.2) is 0 Å². The Morgan fingerprint density at radius 2 is 2.05 bits per heavy atom. The van der Waals surface area contributed by atoms with Crippen LogP contribution in [0.5, 0.6) is 0 Å². The van der Waals surface area contributed by atoms with Crippen molar-refractivity contribution < 1.29 is 9.90 Å². The summed E-state index contributed by atoms with van der Waals surface area (Å²) in [7, 11) is 0. The lowest BCUT2D eigenvalue weighted by Crippen LogP contribution is -2.40. The molecule has 1 amide bonds. The third-order valence-electron chi connectivity index (χ3n) is 3.51. The second kappa shape index (κ2) is 7.70. The van der Waals surface area contributed by atoms with Crippen molar-refractivity contribution in [1.29, 1.82) is 0 Å². The van der Waals surface area contributed by atoms with Crippen LogP contribution in [0.4, 0.5) is 0 Å². The fourth-order valence-corrected chi connectivity index (χ4v) is 2.23. The summed E-state index contributed by atoms with van der Waals surface area (Å²) < 4.78 is 1.52. The fourth-order valence-electron chi connectivity index (χ4n) is 2.23. The first kappa shape index (κ1) is 16.2. The minimum absolute atomic E-state index is 0.0328. The number of aliphatic hydroxyl groups excluding tert-OH is 1. The maximum Gasteiger partial charge on any atom is 0.242 e. The molecule has 1 aromatic carbocycles. The van der Waals surface area contributed by atoms with Gasteiger partial charge in [0.1, 0.15) is 12.2 Å². The first-order valence-electron chi connectivity index (χ1n) is 7.46. The van der Waals surface area contributed by atoms with E-state index in [2.05, 4.69) is 15.6 Å². The molecule has 1 heterocycles. The summed E-state index contributed by atoms with van der Waals surface area (Å²) in [6, 6.07) is 9.67. The van der Waals surface area contributed by atoms with Crippen LogP contribution in [-0.4, -0.2) is 38.7 Å². The van der Waals surface area contributed by atoms with E-state index in [4.69, 9.17) is 5.11 Å². The molecule has 0 aliphatic carbocycles. The zero-order chi connectivity index (χ0) is 15.9. The van der Waals surface area contributed by atoms with Crippen molar-refractivity contribution in [2.45, 2.75) is 32.9 Å². The van der Waals surface area contributed by atoms with Crippen molar-refractivity contribution in [2.75, 3.05) is 6.61 Å². The maximum absolute atomic E-state index is 12.1. The number of nitrogens with one attached hydrogen (secondary N) is 1. The largest absolute Gasteiger partial charge is 0.396 e. The van der Waals surface area contributed by atoms with E-state index in [1.54, 1.807) is 6.20 Å². The van der Waals surface area contributed by atoms with Crippen molar-refractivity contribution in [3.05, 3.63) is 36.5 Å². The van der Waals surface area contributed by atoms with Gasteiger partial charge in [-0.25, -0.2) is 4.68 Å². The normalized spacial score (nSPS) is 12.4. The summed E-state index contributed by atoms with van der Waals surface area (Å²) in [5.74, 6) is 0.142. The topological polar surface area (TPSA) is 80.0 Å². The number of aromatic nitrogens is 3. The van der Waals surface area contributed by atoms with Crippen LogP contribution in [0.25, 0.3) is 11.3 Å². The molecule has 0 radical (unpaired) electrons. The molecule has 6 nitrogen and oxygen atoms in total. The smallest absolute Gasteiger partial charge is 0.242 e. The number of amides is 1. The molecule has 0 aliphatic rings. The van der Waals surface area contributed by atoms with Gasteiger partial charge in [-0.2, -0.15) is 0 Å². The lowest BCUT2D eigenvalue weighted by molar-refractivity contribution is -0.123. The Labute approximate surface area is 130 Å². The van der Waals surface area contributed by atoms with E-state index in [0.717, 1.165) is 11.3 Å². The van der Waals surface area contributed by atoms with Crippen LogP contribution in [0, 0.1) is 5.92 Å². The minimum Gasteiger partial charge on any atom is -0.396 e. The number of nitrogens with zero attached hydrogens (tertiary/aromatic N) is 3. The molecule has 2 aromatic rings. The summed E-state index contributed by atoms with van der Waals surface area (Å²) in [5, 5.41) is 20.0. The number of benzene rings is 1. The zero-order valence-corrected chi connectivity index (χ0v) is 12.9. The highest BCUT2D eigenvalue weighted by atomic mass is 16.3. The van der Waals surface area contributed by atoms with E-state index >= 15 is 0 Å². The summed E-state index contributed by atoms with van der Waals surface area (Å²) in [6.45, 7) is 4.21. The average Bonchev–Trinajstić information content (AvgIpc) is 2.96. The fraction of sp³-hybridized carbons (Fsp3) is 0.438. The standard InChI is InChI=1S/C16H22N4O2/c1-12(2)14(8-9-21)17-16(22)11-20-10-15(18-19-20)13-6-4-3-5-7-13/h3-7,10,12,14,21H,8-9,11H2,1-2H3,(H,17,22). The van der Waals surface area contributed by atoms with Crippen molar-refractivity contribution in [1.82, 2.24) is 20.3 Å². The van der Waals surface area contributed by atoms with Crippen molar-refractivity contribution in [3.63, 3.8) is 0 Å². The molecule has 118 valence electrons. The highest BCUT2D eigenvalue weighted by Crippen LogP contribution is 2.14. The molecule has 6 heteroatoms. The van der Waals surface area contributed by atoms with Gasteiger partial charge in [-0.3, -0.25) is 4.79 Å². The molecular weight excluding hydrogens is 280 g/mol. The quantitative estimate of drug-likeness (QED) is 0.811.